The second-order valence-electron chi connectivity index (χ2n) is 6.78. The summed E-state index contributed by atoms with van der Waals surface area (Å²) in [4.78, 5) is 0. The van der Waals surface area contributed by atoms with Gasteiger partial charge in [-0.15, -0.1) is 0 Å². The highest BCUT2D eigenvalue weighted by Gasteiger charge is 2.41. The summed E-state index contributed by atoms with van der Waals surface area (Å²) in [6, 6.07) is 6.80. The molecule has 1 unspecified atom stereocenters. The zero-order valence-electron chi connectivity index (χ0n) is 13.1. The minimum atomic E-state index is -0.453. The van der Waals surface area contributed by atoms with Crippen LogP contribution in [0.15, 0.2) is 18.2 Å². The summed E-state index contributed by atoms with van der Waals surface area (Å²) in [6.07, 6.45) is 4.89. The van der Waals surface area contributed by atoms with Crippen LogP contribution in [0.1, 0.15) is 62.5 Å². The van der Waals surface area contributed by atoms with Crippen molar-refractivity contribution < 1.29 is 9.84 Å². The van der Waals surface area contributed by atoms with Gasteiger partial charge in [-0.25, -0.2) is 0 Å². The van der Waals surface area contributed by atoms with Gasteiger partial charge in [-0.3, -0.25) is 0 Å². The van der Waals surface area contributed by atoms with E-state index >= 15 is 0 Å². The molecule has 0 bridgehead atoms. The van der Waals surface area contributed by atoms with Crippen LogP contribution in [0.4, 0.5) is 0 Å². The first-order valence-electron chi connectivity index (χ1n) is 8.34. The van der Waals surface area contributed by atoms with Crippen molar-refractivity contribution in [3.63, 3.8) is 0 Å². The van der Waals surface area contributed by atoms with Crippen LogP contribution in [-0.2, 0) is 0 Å². The highest BCUT2D eigenvalue weighted by molar-refractivity contribution is 5.53. The quantitative estimate of drug-likeness (QED) is 0.845. The van der Waals surface area contributed by atoms with E-state index in [1.54, 1.807) is 0 Å². The van der Waals surface area contributed by atoms with Crippen molar-refractivity contribution in [3.8, 4) is 5.75 Å². The Bertz CT molecular complexity index is 486. The maximum Gasteiger partial charge on any atom is 0.123 e. The topological polar surface area (TPSA) is 41.5 Å². The maximum absolute atomic E-state index is 9.98. The second-order valence-corrected chi connectivity index (χ2v) is 6.78. The van der Waals surface area contributed by atoms with Crippen molar-refractivity contribution in [1.29, 1.82) is 0 Å². The maximum atomic E-state index is 9.98. The van der Waals surface area contributed by atoms with Crippen LogP contribution in [0.25, 0.3) is 0 Å². The molecule has 0 heterocycles. The van der Waals surface area contributed by atoms with E-state index in [-0.39, 0.29) is 0 Å². The van der Waals surface area contributed by atoms with Gasteiger partial charge in [-0.1, -0.05) is 38.8 Å². The van der Waals surface area contributed by atoms with Crippen LogP contribution in [0.2, 0.25) is 0 Å². The summed E-state index contributed by atoms with van der Waals surface area (Å²) >= 11 is 0. The highest BCUT2D eigenvalue weighted by atomic mass is 16.5. The summed E-state index contributed by atoms with van der Waals surface area (Å²) in [5.41, 5.74) is 2.92. The third-order valence-electron chi connectivity index (χ3n) is 4.83. The SMILES string of the molecule is CC(C)NCC(O)COc1cccc2c1[C@@H]1CCCC[C@H]21. The fourth-order valence-electron chi connectivity index (χ4n) is 3.78. The second kappa shape index (κ2) is 6.37. The number of hydrogen-bond acceptors (Lipinski definition) is 3. The van der Waals surface area contributed by atoms with E-state index in [0.717, 1.165) is 11.7 Å². The Labute approximate surface area is 127 Å². The number of benzene rings is 1. The molecule has 2 aliphatic rings. The minimum Gasteiger partial charge on any atom is -0.491 e. The Kier molecular flexibility index (Phi) is 4.51. The van der Waals surface area contributed by atoms with Crippen LogP contribution >= 0.6 is 0 Å². The molecule has 0 radical (unpaired) electrons. The zero-order valence-corrected chi connectivity index (χ0v) is 13.1. The monoisotopic (exact) mass is 289 g/mol. The van der Waals surface area contributed by atoms with Gasteiger partial charge < -0.3 is 15.2 Å². The van der Waals surface area contributed by atoms with Gasteiger partial charge in [-0.2, -0.15) is 0 Å². The molecule has 116 valence electrons. The van der Waals surface area contributed by atoms with Gasteiger partial charge in [0.2, 0.25) is 0 Å². The van der Waals surface area contributed by atoms with Gasteiger partial charge in [0.1, 0.15) is 18.5 Å². The molecule has 21 heavy (non-hydrogen) atoms. The van der Waals surface area contributed by atoms with Crippen molar-refractivity contribution in [3.05, 3.63) is 29.3 Å². The number of rotatable bonds is 6. The molecule has 0 aromatic heterocycles. The van der Waals surface area contributed by atoms with E-state index in [1.165, 1.54) is 36.8 Å². The number of aliphatic hydroxyl groups excluding tert-OH is 1. The Morgan fingerprint density at radius 2 is 2.00 bits per heavy atom. The smallest absolute Gasteiger partial charge is 0.123 e. The van der Waals surface area contributed by atoms with E-state index in [0.29, 0.717) is 25.1 Å². The van der Waals surface area contributed by atoms with Gasteiger partial charge >= 0.3 is 0 Å². The predicted octanol–water partition coefficient (Wildman–Crippen LogP) is 3.18. The van der Waals surface area contributed by atoms with Gasteiger partial charge in [0.05, 0.1) is 0 Å². The first kappa shape index (κ1) is 14.9. The summed E-state index contributed by atoms with van der Waals surface area (Å²) in [6.45, 7) is 5.11. The van der Waals surface area contributed by atoms with E-state index < -0.39 is 6.10 Å². The normalized spacial score (nSPS) is 25.0. The molecule has 0 spiro atoms. The number of nitrogens with one attached hydrogen (secondary N) is 1. The van der Waals surface area contributed by atoms with Crippen molar-refractivity contribution in [2.45, 2.75) is 63.5 Å². The molecule has 2 aliphatic carbocycles. The molecule has 3 atom stereocenters. The number of aliphatic hydroxyl groups is 1. The molecule has 1 saturated carbocycles. The van der Waals surface area contributed by atoms with E-state index in [1.807, 2.05) is 0 Å². The molecule has 1 fully saturated rings. The standard InChI is InChI=1S/C18H27NO2/c1-12(2)19-10-13(20)11-21-17-9-5-8-16-14-6-3-4-7-15(14)18(16)17/h5,8-9,12-15,19-20H,3-4,6-7,10-11H2,1-2H3/t13?,14-,15+/m0/s1. The van der Waals surface area contributed by atoms with Crippen molar-refractivity contribution in [2.75, 3.05) is 13.2 Å². The molecule has 0 aliphatic heterocycles. The molecule has 0 saturated heterocycles. The molecule has 3 nitrogen and oxygen atoms in total. The lowest BCUT2D eigenvalue weighted by molar-refractivity contribution is 0.103. The van der Waals surface area contributed by atoms with Gasteiger partial charge in [-0.05, 0) is 36.3 Å². The summed E-state index contributed by atoms with van der Waals surface area (Å²) in [7, 11) is 0. The third-order valence-corrected chi connectivity index (χ3v) is 4.83. The Balaban J connectivity index is 1.61. The molecule has 2 N–H and O–H groups in total. The molecule has 3 rings (SSSR count). The van der Waals surface area contributed by atoms with Crippen molar-refractivity contribution in [1.82, 2.24) is 5.32 Å². The first-order chi connectivity index (χ1) is 10.2. The van der Waals surface area contributed by atoms with Crippen molar-refractivity contribution in [2.24, 2.45) is 0 Å². The first-order valence-corrected chi connectivity index (χ1v) is 8.34. The minimum absolute atomic E-state index is 0.369. The lowest BCUT2D eigenvalue weighted by Gasteiger charge is -2.44. The average Bonchev–Trinajstić information content (AvgIpc) is 2.48. The Morgan fingerprint density at radius 3 is 2.76 bits per heavy atom. The van der Waals surface area contributed by atoms with Crippen LogP contribution in [-0.4, -0.2) is 30.4 Å². The van der Waals surface area contributed by atoms with E-state index in [4.69, 9.17) is 4.74 Å². The summed E-state index contributed by atoms with van der Waals surface area (Å²) < 4.78 is 5.92. The number of ether oxygens (including phenoxy) is 1. The summed E-state index contributed by atoms with van der Waals surface area (Å²) in [5.74, 6) is 2.47. The van der Waals surface area contributed by atoms with Gasteiger partial charge in [0, 0.05) is 18.2 Å². The van der Waals surface area contributed by atoms with Crippen LogP contribution in [0.5, 0.6) is 5.75 Å². The number of fused-ring (bicyclic) bond motifs is 4. The highest BCUT2D eigenvalue weighted by Crippen LogP contribution is 2.57. The lowest BCUT2D eigenvalue weighted by Crippen LogP contribution is -2.35. The Hall–Kier alpha value is -1.06. The van der Waals surface area contributed by atoms with Crippen LogP contribution in [0, 0.1) is 0 Å². The molecular weight excluding hydrogens is 262 g/mol. The summed E-state index contributed by atoms with van der Waals surface area (Å²) in [5, 5.41) is 13.2. The average molecular weight is 289 g/mol. The van der Waals surface area contributed by atoms with Gasteiger partial charge in [0.25, 0.3) is 0 Å². The molecule has 0 amide bonds. The number of hydrogen-bond donors (Lipinski definition) is 2. The largest absolute Gasteiger partial charge is 0.491 e. The third kappa shape index (κ3) is 3.09. The fourth-order valence-corrected chi connectivity index (χ4v) is 3.78. The van der Waals surface area contributed by atoms with Gasteiger partial charge in [0.15, 0.2) is 0 Å². The zero-order chi connectivity index (χ0) is 14.8. The lowest BCUT2D eigenvalue weighted by atomic mass is 9.61. The van der Waals surface area contributed by atoms with Crippen LogP contribution in [0.3, 0.4) is 0 Å². The van der Waals surface area contributed by atoms with Crippen molar-refractivity contribution >= 4 is 0 Å². The van der Waals surface area contributed by atoms with E-state index in [9.17, 15) is 5.11 Å². The molecule has 1 aromatic rings. The van der Waals surface area contributed by atoms with Crippen LogP contribution < -0.4 is 10.1 Å². The molecule has 1 aromatic carbocycles. The molecular formula is C18H27NO2. The Morgan fingerprint density at radius 1 is 1.24 bits per heavy atom. The van der Waals surface area contributed by atoms with E-state index in [2.05, 4.69) is 37.4 Å². The predicted molar refractivity (Wildman–Crippen MR) is 85.0 cm³/mol. The fraction of sp³-hybridized carbons (Fsp3) is 0.667. The molecule has 3 heteroatoms.